The number of nitrogens with one attached hydrogen (secondary N) is 1. The van der Waals surface area contributed by atoms with Gasteiger partial charge in [-0.2, -0.15) is 0 Å². The van der Waals surface area contributed by atoms with Crippen LogP contribution in [0.4, 0.5) is 4.39 Å². The Balaban J connectivity index is 1.93. The lowest BCUT2D eigenvalue weighted by Crippen LogP contribution is -2.06. The second kappa shape index (κ2) is 7.38. The number of hydrogen-bond acceptors (Lipinski definition) is 3. The molecule has 0 saturated heterocycles. The van der Waals surface area contributed by atoms with Gasteiger partial charge in [-0.3, -0.25) is 0 Å². The van der Waals surface area contributed by atoms with Crippen LogP contribution in [-0.2, 0) is 11.2 Å². The number of ether oxygens (including phenoxy) is 2. The standard InChI is InChI=1S/C17H15Cl2FN2O2/c1-23-4-5-24-15-3-2-14(20)13(16(15)19)6-10-8-21-17-12(10)7-11(18)9-22-17/h2-3,7-9H,4-6H2,1H3,(H,21,22). The molecule has 24 heavy (non-hydrogen) atoms. The van der Waals surface area contributed by atoms with Crippen molar-refractivity contribution in [1.29, 1.82) is 0 Å². The van der Waals surface area contributed by atoms with Crippen molar-refractivity contribution < 1.29 is 13.9 Å². The summed E-state index contributed by atoms with van der Waals surface area (Å²) < 4.78 is 24.7. The van der Waals surface area contributed by atoms with E-state index in [1.807, 2.05) is 0 Å². The Bertz CT molecular complexity index is 867. The van der Waals surface area contributed by atoms with Crippen molar-refractivity contribution in [3.8, 4) is 5.75 Å². The molecule has 0 saturated carbocycles. The molecule has 0 atom stereocenters. The third kappa shape index (κ3) is 3.48. The number of nitrogens with zero attached hydrogens (tertiary/aromatic N) is 1. The van der Waals surface area contributed by atoms with E-state index in [1.165, 1.54) is 12.1 Å². The molecule has 1 aromatic carbocycles. The highest BCUT2D eigenvalue weighted by atomic mass is 35.5. The van der Waals surface area contributed by atoms with Crippen LogP contribution in [0.1, 0.15) is 11.1 Å². The predicted octanol–water partition coefficient (Wildman–Crippen LogP) is 4.62. The van der Waals surface area contributed by atoms with E-state index in [-0.39, 0.29) is 10.8 Å². The molecule has 0 aliphatic carbocycles. The van der Waals surface area contributed by atoms with Gasteiger partial charge >= 0.3 is 0 Å². The SMILES string of the molecule is COCCOc1ccc(F)c(Cc2c[nH]c3ncc(Cl)cc23)c1Cl. The van der Waals surface area contributed by atoms with Gasteiger partial charge in [-0.1, -0.05) is 23.2 Å². The van der Waals surface area contributed by atoms with E-state index >= 15 is 0 Å². The molecule has 0 fully saturated rings. The van der Waals surface area contributed by atoms with Crippen LogP contribution in [-0.4, -0.2) is 30.3 Å². The molecule has 0 bridgehead atoms. The molecule has 1 N–H and O–H groups in total. The van der Waals surface area contributed by atoms with Crippen molar-refractivity contribution in [1.82, 2.24) is 9.97 Å². The molecule has 126 valence electrons. The lowest BCUT2D eigenvalue weighted by atomic mass is 10.0. The summed E-state index contributed by atoms with van der Waals surface area (Å²) in [5.74, 6) is 0.0459. The Morgan fingerprint density at radius 1 is 1.25 bits per heavy atom. The quantitative estimate of drug-likeness (QED) is 0.645. The lowest BCUT2D eigenvalue weighted by molar-refractivity contribution is 0.146. The summed E-state index contributed by atoms with van der Waals surface area (Å²) in [5, 5.41) is 1.62. The first kappa shape index (κ1) is 17.0. The van der Waals surface area contributed by atoms with Gasteiger partial charge < -0.3 is 14.5 Å². The average molecular weight is 369 g/mol. The zero-order chi connectivity index (χ0) is 17.1. The number of aromatic amines is 1. The summed E-state index contributed by atoms with van der Waals surface area (Å²) in [6, 6.07) is 4.66. The fraction of sp³-hybridized carbons (Fsp3) is 0.235. The maximum Gasteiger partial charge on any atom is 0.138 e. The highest BCUT2D eigenvalue weighted by Crippen LogP contribution is 2.33. The normalized spacial score (nSPS) is 11.2. The first-order valence-corrected chi connectivity index (χ1v) is 8.06. The summed E-state index contributed by atoms with van der Waals surface area (Å²) in [6.07, 6.45) is 3.64. The monoisotopic (exact) mass is 368 g/mol. The number of fused-ring (bicyclic) bond motifs is 1. The Kier molecular flexibility index (Phi) is 5.23. The minimum atomic E-state index is -0.386. The third-order valence-corrected chi connectivity index (χ3v) is 4.27. The van der Waals surface area contributed by atoms with Gasteiger partial charge in [-0.05, 0) is 23.8 Å². The molecule has 0 amide bonds. The van der Waals surface area contributed by atoms with E-state index in [4.69, 9.17) is 32.7 Å². The topological polar surface area (TPSA) is 47.1 Å². The average Bonchev–Trinajstić information content (AvgIpc) is 2.96. The van der Waals surface area contributed by atoms with Crippen molar-refractivity contribution in [2.75, 3.05) is 20.3 Å². The van der Waals surface area contributed by atoms with Crippen LogP contribution in [0.15, 0.2) is 30.6 Å². The van der Waals surface area contributed by atoms with Crippen molar-refractivity contribution in [3.63, 3.8) is 0 Å². The van der Waals surface area contributed by atoms with E-state index in [0.29, 0.717) is 41.6 Å². The first-order valence-electron chi connectivity index (χ1n) is 7.30. The van der Waals surface area contributed by atoms with E-state index in [2.05, 4.69) is 9.97 Å². The number of rotatable bonds is 6. The van der Waals surface area contributed by atoms with Gasteiger partial charge in [-0.25, -0.2) is 9.37 Å². The summed E-state index contributed by atoms with van der Waals surface area (Å²) in [7, 11) is 1.58. The summed E-state index contributed by atoms with van der Waals surface area (Å²) in [6.45, 7) is 0.767. The third-order valence-electron chi connectivity index (χ3n) is 3.65. The maximum absolute atomic E-state index is 14.3. The van der Waals surface area contributed by atoms with Crippen LogP contribution in [0.25, 0.3) is 11.0 Å². The number of halogens is 3. The molecule has 0 aliphatic rings. The Labute approximate surface area is 148 Å². The van der Waals surface area contributed by atoms with Crippen LogP contribution in [0.2, 0.25) is 10.0 Å². The maximum atomic E-state index is 14.3. The number of aromatic nitrogens is 2. The molecule has 3 rings (SSSR count). The first-order chi connectivity index (χ1) is 11.6. The Morgan fingerprint density at radius 2 is 2.08 bits per heavy atom. The molecule has 0 aliphatic heterocycles. The molecule has 3 aromatic rings. The summed E-state index contributed by atoms with van der Waals surface area (Å²) in [5.41, 5.74) is 1.92. The largest absolute Gasteiger partial charge is 0.490 e. The van der Waals surface area contributed by atoms with Crippen molar-refractivity contribution in [2.45, 2.75) is 6.42 Å². The zero-order valence-corrected chi connectivity index (χ0v) is 14.4. The molecule has 2 heterocycles. The van der Waals surface area contributed by atoms with E-state index in [0.717, 1.165) is 10.9 Å². The van der Waals surface area contributed by atoms with Gasteiger partial charge in [0.2, 0.25) is 0 Å². The number of benzene rings is 1. The number of pyridine rings is 1. The van der Waals surface area contributed by atoms with Gasteiger partial charge in [0.05, 0.1) is 16.7 Å². The van der Waals surface area contributed by atoms with Crippen LogP contribution in [0.5, 0.6) is 5.75 Å². The number of hydrogen-bond donors (Lipinski definition) is 1. The summed E-state index contributed by atoms with van der Waals surface area (Å²) >= 11 is 12.3. The minimum Gasteiger partial charge on any atom is -0.490 e. The van der Waals surface area contributed by atoms with Crippen LogP contribution < -0.4 is 4.74 Å². The van der Waals surface area contributed by atoms with Gasteiger partial charge in [0.15, 0.2) is 0 Å². The number of methoxy groups -OCH3 is 1. The predicted molar refractivity (Wildman–Crippen MR) is 92.7 cm³/mol. The second-order valence-electron chi connectivity index (χ2n) is 5.22. The summed E-state index contributed by atoms with van der Waals surface area (Å²) in [4.78, 5) is 7.25. The highest BCUT2D eigenvalue weighted by Gasteiger charge is 2.16. The van der Waals surface area contributed by atoms with E-state index in [9.17, 15) is 4.39 Å². The van der Waals surface area contributed by atoms with Gasteiger partial charge in [-0.15, -0.1) is 0 Å². The van der Waals surface area contributed by atoms with Crippen molar-refractivity contribution in [2.24, 2.45) is 0 Å². The molecule has 4 nitrogen and oxygen atoms in total. The minimum absolute atomic E-state index is 0.260. The fourth-order valence-electron chi connectivity index (χ4n) is 2.45. The van der Waals surface area contributed by atoms with Gasteiger partial charge in [0.1, 0.15) is 23.8 Å². The molecule has 2 aromatic heterocycles. The highest BCUT2D eigenvalue weighted by molar-refractivity contribution is 6.33. The Hall–Kier alpha value is -1.82. The van der Waals surface area contributed by atoms with Crippen LogP contribution in [0, 0.1) is 5.82 Å². The number of H-pyrrole nitrogens is 1. The smallest absolute Gasteiger partial charge is 0.138 e. The van der Waals surface area contributed by atoms with Crippen LogP contribution >= 0.6 is 23.2 Å². The molecule has 0 unspecified atom stereocenters. The molecule has 0 spiro atoms. The lowest BCUT2D eigenvalue weighted by Gasteiger charge is -2.12. The molecular formula is C17H15Cl2FN2O2. The van der Waals surface area contributed by atoms with Crippen molar-refractivity contribution >= 4 is 34.2 Å². The van der Waals surface area contributed by atoms with Gasteiger partial charge in [0, 0.05) is 36.9 Å². The van der Waals surface area contributed by atoms with E-state index in [1.54, 1.807) is 25.6 Å². The molecule has 7 heteroatoms. The Morgan fingerprint density at radius 3 is 2.88 bits per heavy atom. The molecular weight excluding hydrogens is 354 g/mol. The van der Waals surface area contributed by atoms with Crippen molar-refractivity contribution in [3.05, 3.63) is 57.6 Å². The van der Waals surface area contributed by atoms with Gasteiger partial charge in [0.25, 0.3) is 0 Å². The fourth-order valence-corrected chi connectivity index (χ4v) is 2.89. The van der Waals surface area contributed by atoms with Crippen LogP contribution in [0.3, 0.4) is 0 Å². The zero-order valence-electron chi connectivity index (χ0n) is 12.9. The second-order valence-corrected chi connectivity index (χ2v) is 6.03. The molecule has 0 radical (unpaired) electrons. The van der Waals surface area contributed by atoms with E-state index < -0.39 is 0 Å².